The SMILES string of the molecule is Cc1ccc(Cl)cc1N1CCN(C(=O)CCC(=O)c2ccc3ccccc3c2)CC1. The molecule has 30 heavy (non-hydrogen) atoms. The van der Waals surface area contributed by atoms with E-state index >= 15 is 0 Å². The van der Waals surface area contributed by atoms with Gasteiger partial charge < -0.3 is 9.80 Å². The third kappa shape index (κ3) is 4.49. The smallest absolute Gasteiger partial charge is 0.223 e. The van der Waals surface area contributed by atoms with Crippen LogP contribution in [0.5, 0.6) is 0 Å². The maximum absolute atomic E-state index is 12.6. The zero-order valence-electron chi connectivity index (χ0n) is 17.1. The van der Waals surface area contributed by atoms with E-state index in [0.717, 1.165) is 34.6 Å². The predicted molar refractivity (Wildman–Crippen MR) is 122 cm³/mol. The van der Waals surface area contributed by atoms with Gasteiger partial charge in [0.05, 0.1) is 0 Å². The van der Waals surface area contributed by atoms with Crippen LogP contribution in [0.25, 0.3) is 10.8 Å². The van der Waals surface area contributed by atoms with Gasteiger partial charge >= 0.3 is 0 Å². The van der Waals surface area contributed by atoms with Crippen LogP contribution in [-0.4, -0.2) is 42.8 Å². The zero-order valence-corrected chi connectivity index (χ0v) is 17.9. The van der Waals surface area contributed by atoms with Gasteiger partial charge in [0.15, 0.2) is 5.78 Å². The lowest BCUT2D eigenvalue weighted by Crippen LogP contribution is -2.49. The van der Waals surface area contributed by atoms with Gasteiger partial charge in [-0.3, -0.25) is 9.59 Å². The molecule has 5 heteroatoms. The minimum Gasteiger partial charge on any atom is -0.368 e. The summed E-state index contributed by atoms with van der Waals surface area (Å²) in [6.07, 6.45) is 0.493. The van der Waals surface area contributed by atoms with Gasteiger partial charge in [-0.15, -0.1) is 0 Å². The average molecular weight is 421 g/mol. The third-order valence-corrected chi connectivity index (χ3v) is 6.02. The standard InChI is InChI=1S/C25H25ClN2O2/c1-18-6-9-22(26)17-23(18)27-12-14-28(15-13-27)25(30)11-10-24(29)21-8-7-19-4-2-3-5-20(19)16-21/h2-9,16-17H,10-15H2,1H3. The lowest BCUT2D eigenvalue weighted by atomic mass is 10.0. The van der Waals surface area contributed by atoms with Crippen molar-refractivity contribution in [1.82, 2.24) is 4.90 Å². The van der Waals surface area contributed by atoms with E-state index in [0.29, 0.717) is 18.7 Å². The van der Waals surface area contributed by atoms with E-state index in [-0.39, 0.29) is 24.5 Å². The van der Waals surface area contributed by atoms with Gasteiger partial charge in [-0.25, -0.2) is 0 Å². The summed E-state index contributed by atoms with van der Waals surface area (Å²) in [5.41, 5.74) is 2.98. The van der Waals surface area contributed by atoms with E-state index in [4.69, 9.17) is 11.6 Å². The number of carbonyl (C=O) groups excluding carboxylic acids is 2. The Balaban J connectivity index is 1.31. The molecule has 0 radical (unpaired) electrons. The summed E-state index contributed by atoms with van der Waals surface area (Å²) < 4.78 is 0. The highest BCUT2D eigenvalue weighted by Gasteiger charge is 2.22. The second-order valence-electron chi connectivity index (χ2n) is 7.78. The number of benzene rings is 3. The summed E-state index contributed by atoms with van der Waals surface area (Å²) in [6.45, 7) is 4.93. The number of anilines is 1. The molecule has 1 heterocycles. The molecule has 1 saturated heterocycles. The highest BCUT2D eigenvalue weighted by molar-refractivity contribution is 6.30. The molecule has 0 unspecified atom stereocenters. The number of fused-ring (bicyclic) bond motifs is 1. The van der Waals surface area contributed by atoms with E-state index in [1.807, 2.05) is 65.6 Å². The summed E-state index contributed by atoms with van der Waals surface area (Å²) in [5.74, 6) is 0.0638. The average Bonchev–Trinajstić information content (AvgIpc) is 2.78. The Bertz CT molecular complexity index is 1090. The lowest BCUT2D eigenvalue weighted by Gasteiger charge is -2.37. The number of Topliss-reactive ketones (excluding diaryl/α,β-unsaturated/α-hetero) is 1. The van der Waals surface area contributed by atoms with Crippen molar-refractivity contribution >= 4 is 39.8 Å². The van der Waals surface area contributed by atoms with E-state index < -0.39 is 0 Å². The fourth-order valence-corrected chi connectivity index (χ4v) is 4.17. The number of hydrogen-bond acceptors (Lipinski definition) is 3. The highest BCUT2D eigenvalue weighted by Crippen LogP contribution is 2.25. The van der Waals surface area contributed by atoms with Crippen LogP contribution in [0.1, 0.15) is 28.8 Å². The molecule has 0 atom stereocenters. The van der Waals surface area contributed by atoms with Crippen LogP contribution in [0, 0.1) is 6.92 Å². The molecule has 0 aromatic heterocycles. The normalized spacial score (nSPS) is 14.2. The van der Waals surface area contributed by atoms with Crippen LogP contribution in [0.2, 0.25) is 5.02 Å². The van der Waals surface area contributed by atoms with Crippen LogP contribution in [0.4, 0.5) is 5.69 Å². The molecule has 1 aliphatic rings. The molecule has 4 rings (SSSR count). The Labute approximate surface area is 182 Å². The third-order valence-electron chi connectivity index (χ3n) is 5.78. The van der Waals surface area contributed by atoms with Gasteiger partial charge in [-0.05, 0) is 41.5 Å². The highest BCUT2D eigenvalue weighted by atomic mass is 35.5. The monoisotopic (exact) mass is 420 g/mol. The molecule has 0 saturated carbocycles. The number of piperazine rings is 1. The van der Waals surface area contributed by atoms with E-state index in [1.54, 1.807) is 0 Å². The van der Waals surface area contributed by atoms with Crippen molar-refractivity contribution in [2.45, 2.75) is 19.8 Å². The molecule has 4 nitrogen and oxygen atoms in total. The van der Waals surface area contributed by atoms with Gasteiger partial charge in [-0.1, -0.05) is 54.1 Å². The summed E-state index contributed by atoms with van der Waals surface area (Å²) >= 11 is 6.15. The molecule has 3 aromatic rings. The van der Waals surface area contributed by atoms with Gasteiger partial charge in [0.1, 0.15) is 0 Å². The van der Waals surface area contributed by atoms with Crippen molar-refractivity contribution in [3.63, 3.8) is 0 Å². The first-order chi connectivity index (χ1) is 14.5. The maximum Gasteiger partial charge on any atom is 0.223 e. The van der Waals surface area contributed by atoms with Crippen molar-refractivity contribution < 1.29 is 9.59 Å². The quantitative estimate of drug-likeness (QED) is 0.538. The Hall–Kier alpha value is -2.85. The molecule has 1 fully saturated rings. The molecular weight excluding hydrogens is 396 g/mol. The second-order valence-corrected chi connectivity index (χ2v) is 8.22. The topological polar surface area (TPSA) is 40.6 Å². The van der Waals surface area contributed by atoms with E-state index in [1.165, 1.54) is 5.56 Å². The van der Waals surface area contributed by atoms with Gasteiger partial charge in [0, 0.05) is 55.3 Å². The number of hydrogen-bond donors (Lipinski definition) is 0. The minimum absolute atomic E-state index is 0.0160. The minimum atomic E-state index is 0.0160. The largest absolute Gasteiger partial charge is 0.368 e. The molecule has 154 valence electrons. The summed E-state index contributed by atoms with van der Waals surface area (Å²) in [6, 6.07) is 19.6. The second kappa shape index (κ2) is 8.88. The molecule has 0 bridgehead atoms. The first-order valence-electron chi connectivity index (χ1n) is 10.3. The number of nitrogens with zero attached hydrogens (tertiary/aromatic N) is 2. The van der Waals surface area contributed by atoms with Crippen molar-refractivity contribution in [1.29, 1.82) is 0 Å². The first kappa shape index (κ1) is 20.4. The summed E-state index contributed by atoms with van der Waals surface area (Å²) in [7, 11) is 0. The Kier molecular flexibility index (Phi) is 6.05. The number of carbonyl (C=O) groups is 2. The van der Waals surface area contributed by atoms with Crippen molar-refractivity contribution in [2.75, 3.05) is 31.1 Å². The molecular formula is C25H25ClN2O2. The molecule has 1 amide bonds. The summed E-state index contributed by atoms with van der Waals surface area (Å²) in [4.78, 5) is 29.4. The zero-order chi connectivity index (χ0) is 21.1. The van der Waals surface area contributed by atoms with Crippen LogP contribution in [0.3, 0.4) is 0 Å². The molecule has 3 aromatic carbocycles. The number of rotatable bonds is 5. The number of ketones is 1. The molecule has 0 aliphatic carbocycles. The first-order valence-corrected chi connectivity index (χ1v) is 10.7. The molecule has 0 spiro atoms. The van der Waals surface area contributed by atoms with Gasteiger partial charge in [-0.2, -0.15) is 0 Å². The summed E-state index contributed by atoms with van der Waals surface area (Å²) in [5, 5.41) is 2.88. The van der Waals surface area contributed by atoms with E-state index in [9.17, 15) is 9.59 Å². The molecule has 1 aliphatic heterocycles. The number of halogens is 1. The van der Waals surface area contributed by atoms with Crippen molar-refractivity contribution in [3.8, 4) is 0 Å². The van der Waals surface area contributed by atoms with Crippen LogP contribution < -0.4 is 4.90 Å². The van der Waals surface area contributed by atoms with Crippen molar-refractivity contribution in [3.05, 3.63) is 76.8 Å². The predicted octanol–water partition coefficient (Wildman–Crippen LogP) is 5.11. The fourth-order valence-electron chi connectivity index (χ4n) is 4.01. The van der Waals surface area contributed by atoms with Crippen LogP contribution >= 0.6 is 11.6 Å². The maximum atomic E-state index is 12.6. The van der Waals surface area contributed by atoms with Crippen molar-refractivity contribution in [2.24, 2.45) is 0 Å². The van der Waals surface area contributed by atoms with Gasteiger partial charge in [0.25, 0.3) is 0 Å². The number of amides is 1. The van der Waals surface area contributed by atoms with Gasteiger partial charge in [0.2, 0.25) is 5.91 Å². The van der Waals surface area contributed by atoms with Crippen LogP contribution in [-0.2, 0) is 4.79 Å². The Morgan fingerprint density at radius 1 is 0.867 bits per heavy atom. The number of aryl methyl sites for hydroxylation is 1. The lowest BCUT2D eigenvalue weighted by molar-refractivity contribution is -0.131. The fraction of sp³-hybridized carbons (Fsp3) is 0.280. The Morgan fingerprint density at radius 3 is 2.37 bits per heavy atom. The Morgan fingerprint density at radius 2 is 1.60 bits per heavy atom. The van der Waals surface area contributed by atoms with Crippen LogP contribution in [0.15, 0.2) is 60.7 Å². The molecule has 0 N–H and O–H groups in total. The van der Waals surface area contributed by atoms with E-state index in [2.05, 4.69) is 11.8 Å².